The molecule has 3 aromatic rings. The SMILES string of the molecule is COc1ccc2ncc(CF)c(CCCC3(C(O)CCCc4cc(F)cc(F)c4F)CCNCC3)c2c1. The summed E-state index contributed by atoms with van der Waals surface area (Å²) in [5, 5.41) is 15.5. The maximum absolute atomic E-state index is 14.0. The number of nitrogens with one attached hydrogen (secondary N) is 1. The minimum Gasteiger partial charge on any atom is -0.497 e. The maximum Gasteiger partial charge on any atom is 0.162 e. The fourth-order valence-electron chi connectivity index (χ4n) is 5.68. The zero-order valence-corrected chi connectivity index (χ0v) is 21.1. The summed E-state index contributed by atoms with van der Waals surface area (Å²) in [6.07, 6.45) is 5.65. The van der Waals surface area contributed by atoms with E-state index < -0.39 is 30.2 Å². The van der Waals surface area contributed by atoms with Gasteiger partial charge in [-0.25, -0.2) is 17.6 Å². The minimum atomic E-state index is -1.20. The van der Waals surface area contributed by atoms with Crippen LogP contribution in [0.5, 0.6) is 5.75 Å². The van der Waals surface area contributed by atoms with Crippen molar-refractivity contribution in [3.05, 3.63) is 70.7 Å². The van der Waals surface area contributed by atoms with Crippen LogP contribution in [0.4, 0.5) is 17.6 Å². The van der Waals surface area contributed by atoms with Gasteiger partial charge >= 0.3 is 0 Å². The van der Waals surface area contributed by atoms with Crippen molar-refractivity contribution >= 4 is 10.9 Å². The number of halogens is 4. The van der Waals surface area contributed by atoms with E-state index in [9.17, 15) is 22.7 Å². The van der Waals surface area contributed by atoms with Gasteiger partial charge in [0.1, 0.15) is 18.2 Å². The molecule has 8 heteroatoms. The third kappa shape index (κ3) is 6.24. The predicted molar refractivity (Wildman–Crippen MR) is 136 cm³/mol. The highest BCUT2D eigenvalue weighted by atomic mass is 19.2. The summed E-state index contributed by atoms with van der Waals surface area (Å²) >= 11 is 0. The molecule has 0 radical (unpaired) electrons. The molecule has 4 rings (SSSR count). The van der Waals surface area contributed by atoms with Crippen LogP contribution in [0.3, 0.4) is 0 Å². The summed E-state index contributed by atoms with van der Waals surface area (Å²) in [5.74, 6) is -2.35. The van der Waals surface area contributed by atoms with Crippen molar-refractivity contribution in [2.45, 2.75) is 64.1 Å². The minimum absolute atomic E-state index is 0.0113. The number of piperidine rings is 1. The van der Waals surface area contributed by atoms with E-state index in [2.05, 4.69) is 10.3 Å². The van der Waals surface area contributed by atoms with Gasteiger partial charge in [-0.1, -0.05) is 0 Å². The summed E-state index contributed by atoms with van der Waals surface area (Å²) in [4.78, 5) is 4.39. The van der Waals surface area contributed by atoms with Crippen molar-refractivity contribution in [2.24, 2.45) is 5.41 Å². The number of fused-ring (bicyclic) bond motifs is 1. The van der Waals surface area contributed by atoms with Gasteiger partial charge in [-0.05, 0) is 105 Å². The number of aryl methyl sites for hydroxylation is 2. The van der Waals surface area contributed by atoms with Gasteiger partial charge in [-0.15, -0.1) is 0 Å². The van der Waals surface area contributed by atoms with Gasteiger partial charge in [0.05, 0.1) is 18.7 Å². The second-order valence-corrected chi connectivity index (χ2v) is 10.0. The average Bonchev–Trinajstić information content (AvgIpc) is 2.91. The second-order valence-electron chi connectivity index (χ2n) is 10.0. The Kier molecular flexibility index (Phi) is 9.03. The Morgan fingerprint density at radius 3 is 2.57 bits per heavy atom. The standard InChI is InChI=1S/C29H34F4N2O2/c1-37-22-7-8-26-24(16-22)23(20(17-30)18-35-26)5-3-9-29(10-12-34-13-11-29)27(36)6-2-4-19-14-21(31)15-25(32)28(19)33/h7-8,14-16,18,27,34,36H,2-6,9-13,17H2,1H3. The smallest absolute Gasteiger partial charge is 0.162 e. The fourth-order valence-corrected chi connectivity index (χ4v) is 5.68. The third-order valence-electron chi connectivity index (χ3n) is 7.82. The largest absolute Gasteiger partial charge is 0.497 e. The second kappa shape index (κ2) is 12.2. The number of aliphatic hydroxyl groups is 1. The number of aromatic nitrogens is 1. The first-order chi connectivity index (χ1) is 17.9. The molecule has 0 aliphatic carbocycles. The van der Waals surface area contributed by atoms with Gasteiger partial charge in [0.25, 0.3) is 0 Å². The highest BCUT2D eigenvalue weighted by Gasteiger charge is 2.38. The summed E-state index contributed by atoms with van der Waals surface area (Å²) < 4.78 is 60.3. The van der Waals surface area contributed by atoms with Crippen molar-refractivity contribution in [1.82, 2.24) is 10.3 Å². The number of alkyl halides is 1. The molecule has 2 aromatic carbocycles. The van der Waals surface area contributed by atoms with Crippen LogP contribution in [-0.2, 0) is 19.5 Å². The molecule has 1 fully saturated rings. The monoisotopic (exact) mass is 518 g/mol. The Morgan fingerprint density at radius 1 is 1.05 bits per heavy atom. The van der Waals surface area contributed by atoms with E-state index in [1.54, 1.807) is 13.3 Å². The molecule has 0 amide bonds. The summed E-state index contributed by atoms with van der Waals surface area (Å²) in [6.45, 7) is 0.961. The molecule has 1 atom stereocenters. The van der Waals surface area contributed by atoms with Crippen LogP contribution in [-0.4, -0.2) is 36.4 Å². The van der Waals surface area contributed by atoms with Gasteiger partial charge in [0.2, 0.25) is 0 Å². The van der Waals surface area contributed by atoms with E-state index in [1.165, 1.54) is 0 Å². The molecule has 0 saturated carbocycles. The normalized spacial score (nSPS) is 16.2. The molecular formula is C29H34F4N2O2. The lowest BCUT2D eigenvalue weighted by Gasteiger charge is -2.42. The lowest BCUT2D eigenvalue weighted by molar-refractivity contribution is -0.0132. The third-order valence-corrected chi connectivity index (χ3v) is 7.82. The van der Waals surface area contributed by atoms with E-state index in [4.69, 9.17) is 4.74 Å². The molecule has 37 heavy (non-hydrogen) atoms. The number of rotatable bonds is 11. The van der Waals surface area contributed by atoms with E-state index in [1.807, 2.05) is 18.2 Å². The number of benzene rings is 2. The van der Waals surface area contributed by atoms with Crippen LogP contribution < -0.4 is 10.1 Å². The topological polar surface area (TPSA) is 54.4 Å². The molecule has 2 N–H and O–H groups in total. The molecule has 200 valence electrons. The van der Waals surface area contributed by atoms with Crippen LogP contribution in [0, 0.1) is 22.9 Å². The van der Waals surface area contributed by atoms with Crippen LogP contribution in [0.2, 0.25) is 0 Å². The highest BCUT2D eigenvalue weighted by molar-refractivity contribution is 5.84. The Labute approximate surface area is 215 Å². The first-order valence-corrected chi connectivity index (χ1v) is 12.9. The summed E-state index contributed by atoms with van der Waals surface area (Å²) in [7, 11) is 1.59. The lowest BCUT2D eigenvalue weighted by Crippen LogP contribution is -2.44. The number of aliphatic hydroxyl groups excluding tert-OH is 1. The van der Waals surface area contributed by atoms with E-state index >= 15 is 0 Å². The first-order valence-electron chi connectivity index (χ1n) is 12.9. The number of methoxy groups -OCH3 is 1. The molecule has 2 heterocycles. The molecular weight excluding hydrogens is 484 g/mol. The number of hydrogen-bond donors (Lipinski definition) is 2. The maximum atomic E-state index is 14.0. The molecule has 4 nitrogen and oxygen atoms in total. The highest BCUT2D eigenvalue weighted by Crippen LogP contribution is 2.40. The van der Waals surface area contributed by atoms with Gasteiger partial charge in [-0.2, -0.15) is 0 Å². The summed E-state index contributed by atoms with van der Waals surface area (Å²) in [6, 6.07) is 7.14. The number of ether oxygens (including phenoxy) is 1. The molecule has 1 unspecified atom stereocenters. The van der Waals surface area contributed by atoms with Gasteiger partial charge in [-0.3, -0.25) is 4.98 Å². The van der Waals surface area contributed by atoms with Crippen LogP contribution in [0.25, 0.3) is 10.9 Å². The Hall–Kier alpha value is -2.71. The van der Waals surface area contributed by atoms with E-state index in [0.29, 0.717) is 36.6 Å². The number of pyridine rings is 1. The van der Waals surface area contributed by atoms with Crippen LogP contribution >= 0.6 is 0 Å². The van der Waals surface area contributed by atoms with Gasteiger partial charge in [0, 0.05) is 23.2 Å². The van der Waals surface area contributed by atoms with Crippen molar-refractivity contribution < 1.29 is 27.4 Å². The van der Waals surface area contributed by atoms with Gasteiger partial charge in [0.15, 0.2) is 11.6 Å². The molecule has 1 aliphatic rings. The average molecular weight is 519 g/mol. The fraction of sp³-hybridized carbons (Fsp3) is 0.483. The molecule has 0 bridgehead atoms. The zero-order valence-electron chi connectivity index (χ0n) is 21.1. The molecule has 1 saturated heterocycles. The predicted octanol–water partition coefficient (Wildman–Crippen LogP) is 6.21. The number of hydrogen-bond acceptors (Lipinski definition) is 4. The Balaban J connectivity index is 1.45. The summed E-state index contributed by atoms with van der Waals surface area (Å²) in [5.41, 5.74) is 1.92. The molecule has 1 aliphatic heterocycles. The van der Waals surface area contributed by atoms with Crippen molar-refractivity contribution in [1.29, 1.82) is 0 Å². The Morgan fingerprint density at radius 2 is 1.84 bits per heavy atom. The van der Waals surface area contributed by atoms with E-state index in [0.717, 1.165) is 61.3 Å². The first kappa shape index (κ1) is 27.3. The number of nitrogens with zero attached hydrogens (tertiary/aromatic N) is 1. The molecule has 1 aromatic heterocycles. The van der Waals surface area contributed by atoms with Crippen molar-refractivity contribution in [2.75, 3.05) is 20.2 Å². The van der Waals surface area contributed by atoms with Crippen molar-refractivity contribution in [3.63, 3.8) is 0 Å². The van der Waals surface area contributed by atoms with Crippen molar-refractivity contribution in [3.8, 4) is 5.75 Å². The van der Waals surface area contributed by atoms with Crippen LogP contribution in [0.1, 0.15) is 55.2 Å². The van der Waals surface area contributed by atoms with Crippen LogP contribution in [0.15, 0.2) is 36.5 Å². The lowest BCUT2D eigenvalue weighted by atomic mass is 9.69. The van der Waals surface area contributed by atoms with Gasteiger partial charge < -0.3 is 15.2 Å². The van der Waals surface area contributed by atoms with E-state index in [-0.39, 0.29) is 17.4 Å². The quantitative estimate of drug-likeness (QED) is 0.234. The molecule has 0 spiro atoms. The zero-order chi connectivity index (χ0) is 26.4. The Bertz CT molecular complexity index is 1210.